The molecule has 0 aromatic heterocycles. The zero-order valence-electron chi connectivity index (χ0n) is 12.3. The molecule has 24 heavy (non-hydrogen) atoms. The molecular formula is C17H13FN2O4. The molecule has 6 nitrogen and oxygen atoms in total. The van der Waals surface area contributed by atoms with E-state index in [0.29, 0.717) is 11.8 Å². The van der Waals surface area contributed by atoms with Crippen molar-refractivity contribution < 1.29 is 23.9 Å². The van der Waals surface area contributed by atoms with Gasteiger partial charge in [-0.25, -0.2) is 9.18 Å². The fourth-order valence-corrected chi connectivity index (χ4v) is 1.84. The molecule has 0 fully saturated rings. The highest BCUT2D eigenvalue weighted by molar-refractivity contribution is 6.11. The molecule has 0 saturated carbocycles. The van der Waals surface area contributed by atoms with Crippen LogP contribution in [-0.4, -0.2) is 22.9 Å². The lowest BCUT2D eigenvalue weighted by atomic mass is 10.1. The Morgan fingerprint density at radius 2 is 1.58 bits per heavy atom. The van der Waals surface area contributed by atoms with E-state index in [9.17, 15) is 18.8 Å². The molecule has 0 unspecified atom stereocenters. The van der Waals surface area contributed by atoms with Gasteiger partial charge in [0.15, 0.2) is 0 Å². The Kier molecular flexibility index (Phi) is 5.40. The average Bonchev–Trinajstić information content (AvgIpc) is 2.55. The highest BCUT2D eigenvalue weighted by atomic mass is 19.1. The van der Waals surface area contributed by atoms with E-state index in [1.807, 2.05) is 0 Å². The van der Waals surface area contributed by atoms with E-state index in [1.54, 1.807) is 12.1 Å². The summed E-state index contributed by atoms with van der Waals surface area (Å²) in [6.07, 6.45) is 1.54. The number of anilines is 2. The van der Waals surface area contributed by atoms with Crippen molar-refractivity contribution in [1.82, 2.24) is 0 Å². The highest BCUT2D eigenvalue weighted by Gasteiger charge is 2.12. The van der Waals surface area contributed by atoms with E-state index in [1.165, 1.54) is 36.4 Å². The van der Waals surface area contributed by atoms with Crippen molar-refractivity contribution in [1.29, 1.82) is 0 Å². The minimum Gasteiger partial charge on any atom is -0.478 e. The summed E-state index contributed by atoms with van der Waals surface area (Å²) in [6.45, 7) is 0. The summed E-state index contributed by atoms with van der Waals surface area (Å²) in [5.41, 5.74) is 0.796. The minimum absolute atomic E-state index is 0.180. The van der Waals surface area contributed by atoms with Gasteiger partial charge in [-0.15, -0.1) is 0 Å². The second-order valence-corrected chi connectivity index (χ2v) is 4.67. The number of aliphatic carboxylic acids is 1. The van der Waals surface area contributed by atoms with Gasteiger partial charge in [0.25, 0.3) is 5.91 Å². The lowest BCUT2D eigenvalue weighted by Gasteiger charge is -2.10. The molecule has 2 aromatic rings. The van der Waals surface area contributed by atoms with E-state index in [0.717, 1.165) is 6.08 Å². The summed E-state index contributed by atoms with van der Waals surface area (Å²) in [5, 5.41) is 13.5. The van der Waals surface area contributed by atoms with Crippen LogP contribution in [0.25, 0.3) is 0 Å². The van der Waals surface area contributed by atoms with Crippen molar-refractivity contribution in [3.8, 4) is 0 Å². The Hall–Kier alpha value is -3.48. The summed E-state index contributed by atoms with van der Waals surface area (Å²) in [6, 6.07) is 11.5. The first kappa shape index (κ1) is 16.9. The van der Waals surface area contributed by atoms with Crippen LogP contribution in [0.3, 0.4) is 0 Å². The number of carbonyl (C=O) groups excluding carboxylic acids is 2. The molecule has 2 rings (SSSR count). The number of hydrogen-bond donors (Lipinski definition) is 3. The van der Waals surface area contributed by atoms with Crippen LogP contribution in [0.15, 0.2) is 60.7 Å². The predicted octanol–water partition coefficient (Wildman–Crippen LogP) is 2.66. The molecule has 0 spiro atoms. The molecule has 3 N–H and O–H groups in total. The van der Waals surface area contributed by atoms with Crippen LogP contribution in [-0.2, 0) is 9.59 Å². The van der Waals surface area contributed by atoms with E-state index >= 15 is 0 Å². The van der Waals surface area contributed by atoms with Gasteiger partial charge >= 0.3 is 5.97 Å². The predicted molar refractivity (Wildman–Crippen MR) is 86.2 cm³/mol. The number of carbonyl (C=O) groups is 3. The molecule has 0 aliphatic heterocycles. The summed E-state index contributed by atoms with van der Waals surface area (Å²) in [5.74, 6) is -2.86. The van der Waals surface area contributed by atoms with Gasteiger partial charge in [-0.2, -0.15) is 0 Å². The van der Waals surface area contributed by atoms with E-state index in [4.69, 9.17) is 5.11 Å². The molecule has 0 aliphatic carbocycles. The van der Waals surface area contributed by atoms with Gasteiger partial charge in [0.05, 0.1) is 11.3 Å². The zero-order valence-corrected chi connectivity index (χ0v) is 12.3. The largest absolute Gasteiger partial charge is 0.478 e. The number of halogens is 1. The molecule has 0 aliphatic rings. The number of nitrogens with one attached hydrogen (secondary N) is 2. The molecule has 7 heteroatoms. The van der Waals surface area contributed by atoms with E-state index in [-0.39, 0.29) is 11.3 Å². The average molecular weight is 328 g/mol. The Labute approximate surface area is 136 Å². The number of rotatable bonds is 5. The van der Waals surface area contributed by atoms with Gasteiger partial charge in [0.1, 0.15) is 5.82 Å². The minimum atomic E-state index is -1.26. The van der Waals surface area contributed by atoms with Crippen molar-refractivity contribution >= 4 is 29.2 Å². The molecule has 0 saturated heterocycles. The van der Waals surface area contributed by atoms with Crippen LogP contribution in [0.4, 0.5) is 15.8 Å². The third-order valence-corrected chi connectivity index (χ3v) is 2.91. The number of amides is 2. The summed E-state index contributed by atoms with van der Waals surface area (Å²) in [7, 11) is 0. The maximum absolute atomic E-state index is 12.9. The molecule has 2 aromatic carbocycles. The topological polar surface area (TPSA) is 95.5 Å². The van der Waals surface area contributed by atoms with Gasteiger partial charge in [-0.3, -0.25) is 9.59 Å². The van der Waals surface area contributed by atoms with Crippen molar-refractivity contribution in [2.75, 3.05) is 10.6 Å². The quantitative estimate of drug-likeness (QED) is 0.735. The molecular weight excluding hydrogens is 315 g/mol. The maximum Gasteiger partial charge on any atom is 0.328 e. The van der Waals surface area contributed by atoms with Crippen molar-refractivity contribution in [2.45, 2.75) is 0 Å². The van der Waals surface area contributed by atoms with E-state index in [2.05, 4.69) is 10.6 Å². The van der Waals surface area contributed by atoms with Gasteiger partial charge < -0.3 is 15.7 Å². The number of hydrogen-bond acceptors (Lipinski definition) is 3. The third-order valence-electron chi connectivity index (χ3n) is 2.91. The Morgan fingerprint density at radius 3 is 2.25 bits per heavy atom. The zero-order chi connectivity index (χ0) is 17.5. The molecule has 0 bridgehead atoms. The van der Waals surface area contributed by atoms with Gasteiger partial charge in [-0.05, 0) is 36.4 Å². The maximum atomic E-state index is 12.9. The van der Waals surface area contributed by atoms with Crippen LogP contribution in [0.5, 0.6) is 0 Å². The molecule has 0 atom stereocenters. The van der Waals surface area contributed by atoms with Crippen molar-refractivity contribution in [3.05, 3.63) is 72.1 Å². The highest BCUT2D eigenvalue weighted by Crippen LogP contribution is 2.17. The van der Waals surface area contributed by atoms with Gasteiger partial charge in [0.2, 0.25) is 5.91 Å². The van der Waals surface area contributed by atoms with Crippen LogP contribution < -0.4 is 10.6 Å². The Balaban J connectivity index is 2.15. The Morgan fingerprint density at radius 1 is 0.917 bits per heavy atom. The molecule has 0 radical (unpaired) electrons. The lowest BCUT2D eigenvalue weighted by molar-refractivity contribution is -0.131. The second kappa shape index (κ2) is 7.68. The first-order chi connectivity index (χ1) is 11.5. The van der Waals surface area contributed by atoms with Crippen molar-refractivity contribution in [2.24, 2.45) is 0 Å². The standard InChI is InChI=1S/C17H13FN2O4/c18-11-5-7-12(8-6-11)19-17(24)13-3-1-2-4-14(13)20-15(21)9-10-16(22)23/h1-10H,(H,19,24)(H,20,21)(H,22,23). The smallest absolute Gasteiger partial charge is 0.328 e. The van der Waals surface area contributed by atoms with Gasteiger partial charge in [0, 0.05) is 17.8 Å². The first-order valence-corrected chi connectivity index (χ1v) is 6.83. The summed E-state index contributed by atoms with van der Waals surface area (Å²) >= 11 is 0. The molecule has 0 heterocycles. The lowest BCUT2D eigenvalue weighted by Crippen LogP contribution is -2.17. The number of benzene rings is 2. The molecule has 122 valence electrons. The van der Waals surface area contributed by atoms with E-state index < -0.39 is 23.6 Å². The van der Waals surface area contributed by atoms with Crippen LogP contribution >= 0.6 is 0 Å². The summed E-state index contributed by atoms with van der Waals surface area (Å²) in [4.78, 5) is 34.4. The van der Waals surface area contributed by atoms with Crippen LogP contribution in [0.2, 0.25) is 0 Å². The monoisotopic (exact) mass is 328 g/mol. The number of carboxylic acid groups (broad SMARTS) is 1. The normalized spacial score (nSPS) is 10.4. The number of para-hydroxylation sites is 1. The third kappa shape index (κ3) is 4.77. The Bertz CT molecular complexity index is 800. The fourth-order valence-electron chi connectivity index (χ4n) is 1.84. The fraction of sp³-hybridized carbons (Fsp3) is 0. The SMILES string of the molecule is O=C(O)C=CC(=O)Nc1ccccc1C(=O)Nc1ccc(F)cc1. The second-order valence-electron chi connectivity index (χ2n) is 4.67. The summed E-state index contributed by atoms with van der Waals surface area (Å²) < 4.78 is 12.9. The number of carboxylic acids is 1. The van der Waals surface area contributed by atoms with Crippen LogP contribution in [0, 0.1) is 5.82 Å². The first-order valence-electron chi connectivity index (χ1n) is 6.83. The van der Waals surface area contributed by atoms with Gasteiger partial charge in [-0.1, -0.05) is 12.1 Å². The van der Waals surface area contributed by atoms with Crippen molar-refractivity contribution in [3.63, 3.8) is 0 Å². The molecule has 2 amide bonds. The van der Waals surface area contributed by atoms with Crippen LogP contribution in [0.1, 0.15) is 10.4 Å².